The molecule has 1 aliphatic rings. The number of halogens is 1. The molecule has 1 aliphatic carbocycles. The number of hydrogen-bond acceptors (Lipinski definition) is 6. The zero-order chi connectivity index (χ0) is 21.3. The average molecular weight is 428 g/mol. The Balaban J connectivity index is 1.72. The van der Waals surface area contributed by atoms with Crippen molar-refractivity contribution in [2.45, 2.75) is 30.9 Å². The molecule has 0 bridgehead atoms. The molecule has 0 spiro atoms. The van der Waals surface area contributed by atoms with Gasteiger partial charge in [0.05, 0.1) is 28.2 Å². The molecule has 154 valence electrons. The first kappa shape index (κ1) is 19.8. The second-order valence-corrected chi connectivity index (χ2v) is 8.94. The van der Waals surface area contributed by atoms with Crippen LogP contribution in [0.25, 0.3) is 10.9 Å². The smallest absolute Gasteiger partial charge is 0.258 e. The molecule has 10 heteroatoms. The van der Waals surface area contributed by atoms with Crippen molar-refractivity contribution in [3.63, 3.8) is 0 Å². The summed E-state index contributed by atoms with van der Waals surface area (Å²) >= 11 is 0. The maximum Gasteiger partial charge on any atom is 0.258 e. The van der Waals surface area contributed by atoms with E-state index < -0.39 is 32.4 Å². The maximum atomic E-state index is 14.5. The third kappa shape index (κ3) is 3.71. The van der Waals surface area contributed by atoms with Crippen LogP contribution in [0.3, 0.4) is 0 Å². The molecule has 8 nitrogen and oxygen atoms in total. The lowest BCUT2D eigenvalue weighted by atomic mass is 10.1. The number of aromatic nitrogens is 2. The zero-order valence-electron chi connectivity index (χ0n) is 15.7. The minimum Gasteiger partial charge on any atom is -0.453 e. The number of aromatic amines is 1. The van der Waals surface area contributed by atoms with Crippen LogP contribution in [0.5, 0.6) is 11.5 Å². The van der Waals surface area contributed by atoms with Crippen molar-refractivity contribution in [2.24, 2.45) is 0 Å². The highest BCUT2D eigenvalue weighted by atomic mass is 32.2. The van der Waals surface area contributed by atoms with Crippen LogP contribution in [-0.4, -0.2) is 23.6 Å². The van der Waals surface area contributed by atoms with Crippen molar-refractivity contribution in [1.29, 1.82) is 5.26 Å². The molecule has 0 amide bonds. The maximum absolute atomic E-state index is 14.5. The van der Waals surface area contributed by atoms with Crippen LogP contribution >= 0.6 is 0 Å². The van der Waals surface area contributed by atoms with Gasteiger partial charge in [0, 0.05) is 0 Å². The summed E-state index contributed by atoms with van der Waals surface area (Å²) in [5, 5.41) is 9.27. The molecule has 4 rings (SSSR count). The molecule has 0 unspecified atom stereocenters. The fourth-order valence-corrected chi connectivity index (χ4v) is 5.11. The first-order valence-electron chi connectivity index (χ1n) is 9.28. The molecular weight excluding hydrogens is 411 g/mol. The summed E-state index contributed by atoms with van der Waals surface area (Å²) in [5.74, 6) is -1.16. The van der Waals surface area contributed by atoms with E-state index in [0.717, 1.165) is 18.9 Å². The highest BCUT2D eigenvalue weighted by Crippen LogP contribution is 2.35. The molecule has 2 aromatic carbocycles. The third-order valence-electron chi connectivity index (χ3n) is 5.05. The van der Waals surface area contributed by atoms with Gasteiger partial charge in [-0.15, -0.1) is 0 Å². The monoisotopic (exact) mass is 428 g/mol. The SMILES string of the molecule is N#Cc1c(NS(=O)(=O)C2CCCC2)ccc(F)c1Oc1ccc2nc[nH]c(=O)c2c1. The zero-order valence-corrected chi connectivity index (χ0v) is 16.5. The minimum atomic E-state index is -3.72. The molecule has 1 aromatic heterocycles. The lowest BCUT2D eigenvalue weighted by molar-refractivity contribution is 0.441. The van der Waals surface area contributed by atoms with Crippen molar-refractivity contribution in [3.8, 4) is 17.6 Å². The Morgan fingerprint density at radius 3 is 2.73 bits per heavy atom. The number of nitriles is 1. The second-order valence-electron chi connectivity index (χ2n) is 6.98. The Labute approximate surface area is 171 Å². The number of ether oxygens (including phenoxy) is 1. The highest BCUT2D eigenvalue weighted by Gasteiger charge is 2.30. The van der Waals surface area contributed by atoms with E-state index in [9.17, 15) is 22.9 Å². The molecule has 1 saturated carbocycles. The van der Waals surface area contributed by atoms with Crippen LogP contribution in [0.1, 0.15) is 31.2 Å². The number of nitrogens with one attached hydrogen (secondary N) is 2. The lowest BCUT2D eigenvalue weighted by Gasteiger charge is -2.16. The number of nitrogens with zero attached hydrogens (tertiary/aromatic N) is 2. The summed E-state index contributed by atoms with van der Waals surface area (Å²) in [4.78, 5) is 18.4. The van der Waals surface area contributed by atoms with Gasteiger partial charge >= 0.3 is 0 Å². The second kappa shape index (κ2) is 7.76. The number of H-pyrrole nitrogens is 1. The van der Waals surface area contributed by atoms with Gasteiger partial charge in [-0.05, 0) is 43.2 Å². The predicted molar refractivity (Wildman–Crippen MR) is 108 cm³/mol. The summed E-state index contributed by atoms with van der Waals surface area (Å²) in [6, 6.07) is 8.41. The molecule has 1 heterocycles. The van der Waals surface area contributed by atoms with Crippen molar-refractivity contribution in [2.75, 3.05) is 4.72 Å². The van der Waals surface area contributed by atoms with E-state index in [0.29, 0.717) is 18.4 Å². The Hall–Kier alpha value is -3.45. The van der Waals surface area contributed by atoms with E-state index in [4.69, 9.17) is 4.74 Å². The summed E-state index contributed by atoms with van der Waals surface area (Å²) in [6.45, 7) is 0. The number of hydrogen-bond donors (Lipinski definition) is 2. The highest BCUT2D eigenvalue weighted by molar-refractivity contribution is 7.93. The van der Waals surface area contributed by atoms with E-state index in [1.165, 1.54) is 30.6 Å². The summed E-state index contributed by atoms with van der Waals surface area (Å²) in [5.41, 5.74) is -0.312. The van der Waals surface area contributed by atoms with Gasteiger partial charge in [0.1, 0.15) is 17.4 Å². The van der Waals surface area contributed by atoms with E-state index in [1.54, 1.807) is 0 Å². The summed E-state index contributed by atoms with van der Waals surface area (Å²) < 4.78 is 47.7. The molecule has 0 aliphatic heterocycles. The van der Waals surface area contributed by atoms with Crippen molar-refractivity contribution >= 4 is 26.6 Å². The molecule has 3 aromatic rings. The first-order valence-corrected chi connectivity index (χ1v) is 10.8. The Kier molecular flexibility index (Phi) is 5.13. The van der Waals surface area contributed by atoms with Gasteiger partial charge in [-0.3, -0.25) is 9.52 Å². The summed E-state index contributed by atoms with van der Waals surface area (Å²) in [7, 11) is -3.72. The molecule has 30 heavy (non-hydrogen) atoms. The molecule has 0 radical (unpaired) electrons. The van der Waals surface area contributed by atoms with E-state index >= 15 is 0 Å². The van der Waals surface area contributed by atoms with Crippen LogP contribution in [0.15, 0.2) is 41.5 Å². The topological polar surface area (TPSA) is 125 Å². The normalized spacial score (nSPS) is 14.5. The molecular formula is C20H17FN4O4S. The van der Waals surface area contributed by atoms with Gasteiger partial charge in [-0.1, -0.05) is 12.8 Å². The van der Waals surface area contributed by atoms with Crippen molar-refractivity contribution < 1.29 is 17.5 Å². The molecule has 2 N–H and O–H groups in total. The van der Waals surface area contributed by atoms with Crippen LogP contribution in [-0.2, 0) is 10.0 Å². The molecule has 1 fully saturated rings. The van der Waals surface area contributed by atoms with Gasteiger partial charge < -0.3 is 9.72 Å². The number of fused-ring (bicyclic) bond motifs is 1. The van der Waals surface area contributed by atoms with Gasteiger partial charge in [0.2, 0.25) is 10.0 Å². The van der Waals surface area contributed by atoms with Crippen molar-refractivity contribution in [1.82, 2.24) is 9.97 Å². The first-order chi connectivity index (χ1) is 14.4. The van der Waals surface area contributed by atoms with Gasteiger partial charge in [-0.2, -0.15) is 5.26 Å². The van der Waals surface area contributed by atoms with Crippen LogP contribution < -0.4 is 15.0 Å². The van der Waals surface area contributed by atoms with Gasteiger partial charge in [0.15, 0.2) is 11.6 Å². The van der Waals surface area contributed by atoms with Crippen LogP contribution in [0, 0.1) is 17.1 Å². The number of anilines is 1. The number of sulfonamides is 1. The van der Waals surface area contributed by atoms with Gasteiger partial charge in [-0.25, -0.2) is 17.8 Å². The molecule has 0 atom stereocenters. The number of benzene rings is 2. The van der Waals surface area contributed by atoms with E-state index in [-0.39, 0.29) is 22.4 Å². The Bertz CT molecular complexity index is 1320. The number of rotatable bonds is 5. The largest absolute Gasteiger partial charge is 0.453 e. The van der Waals surface area contributed by atoms with Crippen LogP contribution in [0.4, 0.5) is 10.1 Å². The fraction of sp³-hybridized carbons (Fsp3) is 0.250. The molecule has 0 saturated heterocycles. The third-order valence-corrected chi connectivity index (χ3v) is 6.90. The van der Waals surface area contributed by atoms with Gasteiger partial charge in [0.25, 0.3) is 5.56 Å². The Morgan fingerprint density at radius 1 is 1.23 bits per heavy atom. The lowest BCUT2D eigenvalue weighted by Crippen LogP contribution is -2.25. The standard InChI is InChI=1S/C20H17FN4O4S/c21-16-6-8-18(25-30(27,28)13-3-1-2-4-13)15(10-22)19(16)29-12-5-7-17-14(9-12)20(26)24-11-23-17/h5-9,11,13,25H,1-4H2,(H,23,24,26). The predicted octanol–water partition coefficient (Wildman–Crippen LogP) is 3.41. The summed E-state index contributed by atoms with van der Waals surface area (Å²) in [6.07, 6.45) is 4.00. The minimum absolute atomic E-state index is 0.0545. The fourth-order valence-electron chi connectivity index (χ4n) is 3.52. The van der Waals surface area contributed by atoms with E-state index in [1.807, 2.05) is 6.07 Å². The quantitative estimate of drug-likeness (QED) is 0.642. The van der Waals surface area contributed by atoms with E-state index in [2.05, 4.69) is 14.7 Å². The Morgan fingerprint density at radius 2 is 2.00 bits per heavy atom. The van der Waals surface area contributed by atoms with Crippen molar-refractivity contribution in [3.05, 3.63) is 58.4 Å². The average Bonchev–Trinajstić information content (AvgIpc) is 3.27. The van der Waals surface area contributed by atoms with Crippen LogP contribution in [0.2, 0.25) is 0 Å².